The minimum absolute atomic E-state index is 0.0155. The van der Waals surface area contributed by atoms with Gasteiger partial charge in [0.2, 0.25) is 0 Å². The molecule has 1 aliphatic rings. The van der Waals surface area contributed by atoms with Gasteiger partial charge in [-0.25, -0.2) is 19.0 Å². The number of rotatable bonds is 3. The first-order chi connectivity index (χ1) is 15.2. The predicted molar refractivity (Wildman–Crippen MR) is 119 cm³/mol. The van der Waals surface area contributed by atoms with Crippen LogP contribution in [0.1, 0.15) is 33.6 Å². The molecule has 0 radical (unpaired) electrons. The number of pyridine rings is 1. The van der Waals surface area contributed by atoms with Crippen molar-refractivity contribution in [1.29, 1.82) is 0 Å². The Morgan fingerprint density at radius 1 is 1.22 bits per heavy atom. The molecular weight excluding hydrogens is 411 g/mol. The number of carbonyl (C=O) groups is 1. The van der Waals surface area contributed by atoms with Crippen molar-refractivity contribution in [3.63, 3.8) is 0 Å². The maximum absolute atomic E-state index is 14.5. The van der Waals surface area contributed by atoms with Gasteiger partial charge in [-0.15, -0.1) is 0 Å². The van der Waals surface area contributed by atoms with E-state index in [1.165, 1.54) is 6.07 Å². The Labute approximate surface area is 186 Å². The third-order valence-corrected chi connectivity index (χ3v) is 5.21. The number of piperidine rings is 1. The van der Waals surface area contributed by atoms with Gasteiger partial charge >= 0.3 is 6.09 Å². The number of hydrogen-bond donors (Lipinski definition) is 0. The zero-order valence-corrected chi connectivity index (χ0v) is 18.3. The molecule has 1 amide bonds. The highest BCUT2D eigenvalue weighted by Crippen LogP contribution is 2.28. The van der Waals surface area contributed by atoms with Crippen molar-refractivity contribution in [3.05, 3.63) is 60.0 Å². The summed E-state index contributed by atoms with van der Waals surface area (Å²) >= 11 is 0. The van der Waals surface area contributed by atoms with E-state index in [1.807, 2.05) is 20.8 Å². The van der Waals surface area contributed by atoms with Gasteiger partial charge in [0.15, 0.2) is 5.69 Å². The number of likely N-dealkylation sites (tertiary alicyclic amines) is 1. The molecule has 0 aliphatic carbocycles. The average molecular weight is 436 g/mol. The van der Waals surface area contributed by atoms with E-state index >= 15 is 0 Å². The summed E-state index contributed by atoms with van der Waals surface area (Å²) in [5.74, 6) is 0.718. The number of carbonyl (C=O) groups excluding carboxylic acids is 1. The molecule has 0 N–H and O–H groups in total. The van der Waals surface area contributed by atoms with E-state index in [0.29, 0.717) is 48.4 Å². The monoisotopic (exact) mass is 436 g/mol. The molecule has 0 spiro atoms. The number of ether oxygens (including phenoxy) is 2. The van der Waals surface area contributed by atoms with E-state index in [2.05, 4.69) is 9.83 Å². The van der Waals surface area contributed by atoms with Crippen molar-refractivity contribution < 1.29 is 18.7 Å². The van der Waals surface area contributed by atoms with Crippen LogP contribution in [0.15, 0.2) is 42.7 Å². The summed E-state index contributed by atoms with van der Waals surface area (Å²) in [6.07, 6.45) is 4.45. The third-order valence-electron chi connectivity index (χ3n) is 5.21. The van der Waals surface area contributed by atoms with Crippen molar-refractivity contribution in [3.8, 4) is 11.6 Å². The molecule has 166 valence electrons. The largest absolute Gasteiger partial charge is 0.489 e. The molecule has 3 aromatic rings. The van der Waals surface area contributed by atoms with Gasteiger partial charge in [0.25, 0.3) is 0 Å². The third kappa shape index (κ3) is 4.67. The summed E-state index contributed by atoms with van der Waals surface area (Å²) in [6.45, 7) is 13.8. The summed E-state index contributed by atoms with van der Waals surface area (Å²) in [7, 11) is 0. The van der Waals surface area contributed by atoms with Crippen molar-refractivity contribution in [2.45, 2.75) is 45.3 Å². The van der Waals surface area contributed by atoms with Gasteiger partial charge in [-0.2, -0.15) is 0 Å². The molecule has 7 nitrogen and oxygen atoms in total. The van der Waals surface area contributed by atoms with Crippen molar-refractivity contribution >= 4 is 22.7 Å². The second-order valence-electron chi connectivity index (χ2n) is 8.80. The van der Waals surface area contributed by atoms with Crippen LogP contribution in [0.3, 0.4) is 0 Å². The molecule has 8 heteroatoms. The van der Waals surface area contributed by atoms with E-state index in [1.54, 1.807) is 46.1 Å². The molecule has 0 atom stereocenters. The number of aromatic nitrogens is 2. The first-order valence-electron chi connectivity index (χ1n) is 10.5. The fourth-order valence-electron chi connectivity index (χ4n) is 3.73. The van der Waals surface area contributed by atoms with Crippen LogP contribution in [0.25, 0.3) is 21.6 Å². The Morgan fingerprint density at radius 2 is 1.97 bits per heavy atom. The minimum Gasteiger partial charge on any atom is -0.489 e. The number of hydrogen-bond acceptors (Lipinski definition) is 4. The van der Waals surface area contributed by atoms with E-state index in [9.17, 15) is 9.18 Å². The van der Waals surface area contributed by atoms with Gasteiger partial charge in [0, 0.05) is 32.1 Å². The van der Waals surface area contributed by atoms with Gasteiger partial charge in [-0.1, -0.05) is 0 Å². The Kier molecular flexibility index (Phi) is 5.74. The summed E-state index contributed by atoms with van der Waals surface area (Å²) < 4.78 is 27.6. The molecule has 4 rings (SSSR count). The number of halogens is 1. The number of nitrogens with zero attached hydrogens (tertiary/aromatic N) is 4. The molecule has 0 bridgehead atoms. The molecule has 1 saturated heterocycles. The van der Waals surface area contributed by atoms with Crippen LogP contribution in [0.2, 0.25) is 0 Å². The van der Waals surface area contributed by atoms with Crippen molar-refractivity contribution in [2.24, 2.45) is 0 Å². The fourth-order valence-corrected chi connectivity index (χ4v) is 3.73. The van der Waals surface area contributed by atoms with Crippen LogP contribution in [-0.2, 0) is 4.74 Å². The Balaban J connectivity index is 1.40. The van der Waals surface area contributed by atoms with E-state index < -0.39 is 11.4 Å². The molecule has 3 heterocycles. The lowest BCUT2D eigenvalue weighted by Crippen LogP contribution is -2.44. The first-order valence-corrected chi connectivity index (χ1v) is 10.5. The number of fused-ring (bicyclic) bond motifs is 1. The second-order valence-corrected chi connectivity index (χ2v) is 8.80. The predicted octanol–water partition coefficient (Wildman–Crippen LogP) is 5.49. The topological polar surface area (TPSA) is 61.0 Å². The average Bonchev–Trinajstić information content (AvgIpc) is 3.18. The lowest BCUT2D eigenvalue weighted by Gasteiger charge is -2.33. The molecule has 32 heavy (non-hydrogen) atoms. The Morgan fingerprint density at radius 3 is 2.59 bits per heavy atom. The van der Waals surface area contributed by atoms with Crippen LogP contribution in [0, 0.1) is 12.4 Å². The molecule has 1 fully saturated rings. The lowest BCUT2D eigenvalue weighted by atomic mass is 10.1. The van der Waals surface area contributed by atoms with Crippen LogP contribution in [0.4, 0.5) is 14.9 Å². The fraction of sp³-hybridized carbons (Fsp3) is 0.375. The van der Waals surface area contributed by atoms with E-state index in [-0.39, 0.29) is 17.9 Å². The van der Waals surface area contributed by atoms with Crippen LogP contribution >= 0.6 is 0 Å². The maximum Gasteiger partial charge on any atom is 0.410 e. The zero-order valence-electron chi connectivity index (χ0n) is 18.3. The molecule has 2 aromatic heterocycles. The lowest BCUT2D eigenvalue weighted by molar-refractivity contribution is 0.0126. The van der Waals surface area contributed by atoms with Crippen LogP contribution in [0.5, 0.6) is 5.75 Å². The van der Waals surface area contributed by atoms with E-state index in [0.717, 1.165) is 0 Å². The Hall–Kier alpha value is -3.60. The highest BCUT2D eigenvalue weighted by Gasteiger charge is 2.27. The summed E-state index contributed by atoms with van der Waals surface area (Å²) in [4.78, 5) is 21.6. The molecule has 0 saturated carbocycles. The number of benzene rings is 1. The smallest absolute Gasteiger partial charge is 0.410 e. The highest BCUT2D eigenvalue weighted by molar-refractivity contribution is 5.86. The first kappa shape index (κ1) is 21.6. The van der Waals surface area contributed by atoms with Crippen molar-refractivity contribution in [1.82, 2.24) is 14.5 Å². The maximum atomic E-state index is 14.5. The van der Waals surface area contributed by atoms with Crippen molar-refractivity contribution in [2.75, 3.05) is 13.1 Å². The SMILES string of the molecule is [C-]#[N+]c1cc(F)c2c(ccn2-c2ccc(OC3CCN(C(=O)OC(C)(C)C)CC3)cn2)c1. The molecule has 0 unspecified atom stereocenters. The van der Waals surface area contributed by atoms with Gasteiger partial charge in [0.1, 0.15) is 29.1 Å². The Bertz CT molecular complexity index is 1170. The van der Waals surface area contributed by atoms with E-state index in [4.69, 9.17) is 16.0 Å². The van der Waals surface area contributed by atoms with Gasteiger partial charge in [-0.05, 0) is 56.5 Å². The molecule has 1 aromatic carbocycles. The normalized spacial score (nSPS) is 14.9. The second kappa shape index (κ2) is 8.50. The standard InChI is InChI=1S/C24H25FN4O3/c1-24(2,3)32-23(30)28-10-8-18(9-11-28)31-19-5-6-21(27-15-19)29-12-7-16-13-17(26-4)14-20(25)22(16)29/h5-7,12-15,18H,8-11H2,1-3H3. The highest BCUT2D eigenvalue weighted by atomic mass is 19.1. The summed E-state index contributed by atoms with van der Waals surface area (Å²) in [5, 5.41) is 0.648. The van der Waals surface area contributed by atoms with Gasteiger partial charge in [-0.3, -0.25) is 4.57 Å². The van der Waals surface area contributed by atoms with Gasteiger partial charge in [0.05, 0.1) is 18.3 Å². The quantitative estimate of drug-likeness (QED) is 0.509. The van der Waals surface area contributed by atoms with Gasteiger partial charge < -0.3 is 14.4 Å². The molecular formula is C24H25FN4O3. The summed E-state index contributed by atoms with van der Waals surface area (Å²) in [6, 6.07) is 8.22. The van der Waals surface area contributed by atoms with Crippen LogP contribution in [-0.4, -0.2) is 45.3 Å². The summed E-state index contributed by atoms with van der Waals surface area (Å²) in [5.41, 5.74) is 0.140. The number of amides is 1. The zero-order chi connectivity index (χ0) is 22.9. The minimum atomic E-state index is -0.509. The van der Waals surface area contributed by atoms with Crippen LogP contribution < -0.4 is 4.74 Å². The molecule has 1 aliphatic heterocycles.